The van der Waals surface area contributed by atoms with Crippen molar-refractivity contribution >= 4 is 10.9 Å². The first-order chi connectivity index (χ1) is 10.2. The van der Waals surface area contributed by atoms with Crippen molar-refractivity contribution in [1.82, 2.24) is 4.98 Å². The van der Waals surface area contributed by atoms with E-state index in [9.17, 15) is 10.2 Å². The van der Waals surface area contributed by atoms with Crippen LogP contribution < -0.4 is 4.74 Å². The van der Waals surface area contributed by atoms with Gasteiger partial charge in [-0.25, -0.2) is 0 Å². The van der Waals surface area contributed by atoms with Gasteiger partial charge in [-0.15, -0.1) is 0 Å². The quantitative estimate of drug-likeness (QED) is 0.863. The number of pyridine rings is 1. The predicted molar refractivity (Wildman–Crippen MR) is 74.9 cm³/mol. The SMILES string of the molecule is CO[C@@H]1O[C@H](COc2cccc3cccnc23)[C@@H](O)[C@H]1O. The van der Waals surface area contributed by atoms with Gasteiger partial charge in [0.25, 0.3) is 0 Å². The summed E-state index contributed by atoms with van der Waals surface area (Å²) in [4.78, 5) is 4.29. The van der Waals surface area contributed by atoms with Gasteiger partial charge in [0.15, 0.2) is 6.29 Å². The smallest absolute Gasteiger partial charge is 0.186 e. The molecule has 1 aliphatic heterocycles. The summed E-state index contributed by atoms with van der Waals surface area (Å²) in [5, 5.41) is 20.6. The topological polar surface area (TPSA) is 81.0 Å². The fraction of sp³-hybridized carbons (Fsp3) is 0.400. The van der Waals surface area contributed by atoms with Crippen molar-refractivity contribution in [2.75, 3.05) is 13.7 Å². The molecule has 1 saturated heterocycles. The lowest BCUT2D eigenvalue weighted by Crippen LogP contribution is -2.35. The van der Waals surface area contributed by atoms with Crippen LogP contribution in [0.2, 0.25) is 0 Å². The molecule has 0 radical (unpaired) electrons. The molecule has 0 unspecified atom stereocenters. The molecular weight excluding hydrogens is 274 g/mol. The standard InChI is InChI=1S/C15H17NO5/c1-19-15-14(18)13(17)11(21-15)8-20-10-6-2-4-9-5-3-7-16-12(9)10/h2-7,11,13-15,17-18H,8H2,1H3/t11-,13-,14-,15-/m1/s1. The average molecular weight is 291 g/mol. The van der Waals surface area contributed by atoms with Gasteiger partial charge >= 0.3 is 0 Å². The van der Waals surface area contributed by atoms with Gasteiger partial charge in [-0.3, -0.25) is 4.98 Å². The van der Waals surface area contributed by atoms with Gasteiger partial charge in [0.1, 0.15) is 36.2 Å². The number of rotatable bonds is 4. The van der Waals surface area contributed by atoms with Crippen LogP contribution in [0.15, 0.2) is 36.5 Å². The zero-order chi connectivity index (χ0) is 14.8. The summed E-state index contributed by atoms with van der Waals surface area (Å²) in [6.07, 6.45) is -1.91. The van der Waals surface area contributed by atoms with E-state index in [0.29, 0.717) is 5.75 Å². The number of methoxy groups -OCH3 is 1. The van der Waals surface area contributed by atoms with Crippen molar-refractivity contribution < 1.29 is 24.4 Å². The summed E-state index contributed by atoms with van der Waals surface area (Å²) < 4.78 is 16.0. The summed E-state index contributed by atoms with van der Waals surface area (Å²) in [6.45, 7) is 0.105. The van der Waals surface area contributed by atoms with E-state index in [1.54, 1.807) is 12.3 Å². The summed E-state index contributed by atoms with van der Waals surface area (Å²) in [5.74, 6) is 0.610. The first kappa shape index (κ1) is 14.2. The van der Waals surface area contributed by atoms with Crippen LogP contribution in [0.4, 0.5) is 0 Å². The van der Waals surface area contributed by atoms with Crippen molar-refractivity contribution in [1.29, 1.82) is 0 Å². The van der Waals surface area contributed by atoms with Crippen molar-refractivity contribution in [3.63, 3.8) is 0 Å². The van der Waals surface area contributed by atoms with Crippen molar-refractivity contribution in [2.24, 2.45) is 0 Å². The molecule has 0 saturated carbocycles. The van der Waals surface area contributed by atoms with Crippen LogP contribution in [-0.4, -0.2) is 53.5 Å². The number of aliphatic hydroxyl groups excluding tert-OH is 2. The molecular formula is C15H17NO5. The molecule has 0 spiro atoms. The first-order valence-corrected chi connectivity index (χ1v) is 6.71. The summed E-state index contributed by atoms with van der Waals surface area (Å²) >= 11 is 0. The lowest BCUT2D eigenvalue weighted by molar-refractivity contribution is -0.152. The third kappa shape index (κ3) is 2.71. The third-order valence-electron chi connectivity index (χ3n) is 3.55. The normalized spacial score (nSPS) is 28.9. The lowest BCUT2D eigenvalue weighted by Gasteiger charge is -2.15. The molecule has 1 aliphatic rings. The molecule has 3 rings (SSSR count). The van der Waals surface area contributed by atoms with Crippen LogP contribution >= 0.6 is 0 Å². The minimum Gasteiger partial charge on any atom is -0.488 e. The van der Waals surface area contributed by atoms with Crippen LogP contribution in [0.5, 0.6) is 5.75 Å². The Morgan fingerprint density at radius 2 is 2.00 bits per heavy atom. The number of aliphatic hydroxyl groups is 2. The Bertz CT molecular complexity index is 615. The third-order valence-corrected chi connectivity index (χ3v) is 3.55. The number of aromatic nitrogens is 1. The summed E-state index contributed by atoms with van der Waals surface area (Å²) in [6, 6.07) is 9.43. The van der Waals surface area contributed by atoms with Gasteiger partial charge in [0, 0.05) is 18.7 Å². The van der Waals surface area contributed by atoms with E-state index in [2.05, 4.69) is 4.98 Å². The highest BCUT2D eigenvalue weighted by Crippen LogP contribution is 2.26. The molecule has 1 aromatic heterocycles. The second-order valence-corrected chi connectivity index (χ2v) is 4.90. The van der Waals surface area contributed by atoms with Gasteiger partial charge in [0.05, 0.1) is 0 Å². The monoisotopic (exact) mass is 291 g/mol. The molecule has 21 heavy (non-hydrogen) atoms. The Kier molecular flexibility index (Phi) is 4.03. The van der Waals surface area contributed by atoms with E-state index in [-0.39, 0.29) is 6.61 Å². The Morgan fingerprint density at radius 3 is 2.76 bits per heavy atom. The highest BCUT2D eigenvalue weighted by molar-refractivity contribution is 5.84. The van der Waals surface area contributed by atoms with E-state index < -0.39 is 24.6 Å². The molecule has 1 fully saturated rings. The first-order valence-electron chi connectivity index (χ1n) is 6.71. The summed E-state index contributed by atoms with van der Waals surface area (Å²) in [7, 11) is 1.42. The average Bonchev–Trinajstić information content (AvgIpc) is 2.80. The maximum atomic E-state index is 9.90. The Morgan fingerprint density at radius 1 is 1.19 bits per heavy atom. The zero-order valence-electron chi connectivity index (χ0n) is 11.5. The van der Waals surface area contributed by atoms with E-state index in [1.165, 1.54) is 7.11 Å². The maximum Gasteiger partial charge on any atom is 0.186 e. The molecule has 112 valence electrons. The number of fused-ring (bicyclic) bond motifs is 1. The highest BCUT2D eigenvalue weighted by Gasteiger charge is 2.43. The van der Waals surface area contributed by atoms with Crippen LogP contribution in [0.1, 0.15) is 0 Å². The molecule has 2 heterocycles. The molecule has 0 amide bonds. The van der Waals surface area contributed by atoms with Crippen LogP contribution in [0, 0.1) is 0 Å². The number of nitrogens with zero attached hydrogens (tertiary/aromatic N) is 1. The Balaban J connectivity index is 1.73. The minimum absolute atomic E-state index is 0.105. The van der Waals surface area contributed by atoms with Gasteiger partial charge in [-0.2, -0.15) is 0 Å². The predicted octanol–water partition coefficient (Wildman–Crippen LogP) is 0.707. The van der Waals surface area contributed by atoms with Gasteiger partial charge in [-0.05, 0) is 12.1 Å². The van der Waals surface area contributed by atoms with E-state index in [4.69, 9.17) is 14.2 Å². The van der Waals surface area contributed by atoms with Gasteiger partial charge in [0.2, 0.25) is 0 Å². The number of ether oxygens (including phenoxy) is 3. The number of para-hydroxylation sites is 1. The van der Waals surface area contributed by atoms with Gasteiger partial charge in [-0.1, -0.05) is 18.2 Å². The number of hydrogen-bond acceptors (Lipinski definition) is 6. The van der Waals surface area contributed by atoms with E-state index in [0.717, 1.165) is 10.9 Å². The van der Waals surface area contributed by atoms with Crippen LogP contribution in [-0.2, 0) is 9.47 Å². The van der Waals surface area contributed by atoms with E-state index >= 15 is 0 Å². The summed E-state index contributed by atoms with van der Waals surface area (Å²) in [5.41, 5.74) is 0.747. The van der Waals surface area contributed by atoms with Crippen LogP contribution in [0.25, 0.3) is 10.9 Å². The lowest BCUT2D eigenvalue weighted by atomic mass is 10.1. The fourth-order valence-electron chi connectivity index (χ4n) is 2.41. The van der Waals surface area contributed by atoms with Crippen LogP contribution in [0.3, 0.4) is 0 Å². The van der Waals surface area contributed by atoms with Crippen molar-refractivity contribution in [2.45, 2.75) is 24.6 Å². The minimum atomic E-state index is -1.07. The van der Waals surface area contributed by atoms with Crippen molar-refractivity contribution in [3.05, 3.63) is 36.5 Å². The molecule has 2 aromatic rings. The fourth-order valence-corrected chi connectivity index (χ4v) is 2.41. The molecule has 4 atom stereocenters. The number of hydrogen-bond donors (Lipinski definition) is 2. The zero-order valence-corrected chi connectivity index (χ0v) is 11.5. The second-order valence-electron chi connectivity index (χ2n) is 4.90. The van der Waals surface area contributed by atoms with Crippen molar-refractivity contribution in [3.8, 4) is 5.75 Å². The molecule has 6 heteroatoms. The highest BCUT2D eigenvalue weighted by atomic mass is 16.7. The van der Waals surface area contributed by atoms with Gasteiger partial charge < -0.3 is 24.4 Å². The second kappa shape index (κ2) is 5.95. The Hall–Kier alpha value is -1.73. The number of benzene rings is 1. The molecule has 2 N–H and O–H groups in total. The molecule has 0 aliphatic carbocycles. The molecule has 1 aromatic carbocycles. The Labute approximate surface area is 121 Å². The van der Waals surface area contributed by atoms with E-state index in [1.807, 2.05) is 24.3 Å². The molecule has 6 nitrogen and oxygen atoms in total. The molecule has 0 bridgehead atoms. The maximum absolute atomic E-state index is 9.90. The largest absolute Gasteiger partial charge is 0.488 e.